The van der Waals surface area contributed by atoms with E-state index in [-0.39, 0.29) is 30.2 Å². The van der Waals surface area contributed by atoms with Crippen LogP contribution in [0.4, 0.5) is 0 Å². The summed E-state index contributed by atoms with van der Waals surface area (Å²) in [7, 11) is 0. The number of fused-ring (bicyclic) bond motifs is 1. The van der Waals surface area contributed by atoms with Gasteiger partial charge in [-0.15, -0.1) is 0 Å². The highest BCUT2D eigenvalue weighted by molar-refractivity contribution is 5.89. The molecule has 5 heteroatoms. The number of carbonyl (C=O) groups is 2. The fourth-order valence-corrected chi connectivity index (χ4v) is 4.33. The van der Waals surface area contributed by atoms with E-state index in [2.05, 4.69) is 24.4 Å². The van der Waals surface area contributed by atoms with Crippen LogP contribution in [0, 0.1) is 26.7 Å². The number of nitrogens with zero attached hydrogens (tertiary/aromatic N) is 1. The SMILES string of the molecule is Cc1ccc(CN2CC(C(=O)NC3CCOc4c(C)cc(C)cc43)CC2=O)cc1. The molecule has 0 aromatic heterocycles. The van der Waals surface area contributed by atoms with Crippen molar-refractivity contribution < 1.29 is 14.3 Å². The molecule has 2 aliphatic heterocycles. The van der Waals surface area contributed by atoms with E-state index in [0.717, 1.165) is 34.4 Å². The molecule has 0 aliphatic carbocycles. The predicted molar refractivity (Wildman–Crippen MR) is 112 cm³/mol. The van der Waals surface area contributed by atoms with Crippen LogP contribution in [0.25, 0.3) is 0 Å². The van der Waals surface area contributed by atoms with Gasteiger partial charge >= 0.3 is 0 Å². The second-order valence-electron chi connectivity index (χ2n) is 8.36. The molecule has 2 unspecified atom stereocenters. The number of likely N-dealkylation sites (tertiary alicyclic amines) is 1. The van der Waals surface area contributed by atoms with Crippen LogP contribution in [0.5, 0.6) is 5.75 Å². The average Bonchev–Trinajstić information content (AvgIpc) is 3.05. The number of amides is 2. The lowest BCUT2D eigenvalue weighted by molar-refractivity contribution is -0.129. The standard InChI is InChI=1S/C24H28N2O3/c1-15-4-6-18(7-5-15)13-26-14-19(12-22(26)27)24(28)25-21-8-9-29-23-17(3)10-16(2)11-20(21)23/h4-7,10-11,19,21H,8-9,12-14H2,1-3H3,(H,25,28). The minimum absolute atomic E-state index is 0.0400. The Hall–Kier alpha value is -2.82. The molecule has 1 saturated heterocycles. The van der Waals surface area contributed by atoms with Crippen molar-refractivity contribution >= 4 is 11.8 Å². The summed E-state index contributed by atoms with van der Waals surface area (Å²) >= 11 is 0. The first-order valence-corrected chi connectivity index (χ1v) is 10.3. The molecule has 2 amide bonds. The second-order valence-corrected chi connectivity index (χ2v) is 8.36. The van der Waals surface area contributed by atoms with Crippen molar-refractivity contribution in [2.24, 2.45) is 5.92 Å². The number of rotatable bonds is 4. The molecule has 0 radical (unpaired) electrons. The Labute approximate surface area is 172 Å². The highest BCUT2D eigenvalue weighted by atomic mass is 16.5. The smallest absolute Gasteiger partial charge is 0.225 e. The third-order valence-electron chi connectivity index (χ3n) is 5.87. The summed E-state index contributed by atoms with van der Waals surface area (Å²) < 4.78 is 5.84. The molecule has 0 bridgehead atoms. The maximum Gasteiger partial charge on any atom is 0.225 e. The molecule has 0 saturated carbocycles. The minimum atomic E-state index is -0.301. The normalized spacial score (nSPS) is 20.9. The Kier molecular flexibility index (Phi) is 5.31. The molecule has 2 aromatic rings. The van der Waals surface area contributed by atoms with Crippen LogP contribution in [-0.4, -0.2) is 29.9 Å². The number of aryl methyl sites for hydroxylation is 3. The van der Waals surface area contributed by atoms with Crippen molar-refractivity contribution in [2.75, 3.05) is 13.2 Å². The zero-order valence-corrected chi connectivity index (χ0v) is 17.3. The number of hydrogen-bond acceptors (Lipinski definition) is 3. The van der Waals surface area contributed by atoms with Gasteiger partial charge in [0.1, 0.15) is 5.75 Å². The van der Waals surface area contributed by atoms with Gasteiger partial charge in [0.25, 0.3) is 0 Å². The highest BCUT2D eigenvalue weighted by Gasteiger charge is 2.36. The molecule has 1 fully saturated rings. The number of hydrogen-bond donors (Lipinski definition) is 1. The molecule has 29 heavy (non-hydrogen) atoms. The van der Waals surface area contributed by atoms with E-state index in [1.165, 1.54) is 5.56 Å². The summed E-state index contributed by atoms with van der Waals surface area (Å²) in [4.78, 5) is 27.2. The summed E-state index contributed by atoms with van der Waals surface area (Å²) in [6.07, 6.45) is 1.02. The van der Waals surface area contributed by atoms with Gasteiger partial charge < -0.3 is 15.0 Å². The van der Waals surface area contributed by atoms with E-state index < -0.39 is 0 Å². The molecule has 2 atom stereocenters. The van der Waals surface area contributed by atoms with Crippen LogP contribution >= 0.6 is 0 Å². The maximum absolute atomic E-state index is 13.0. The zero-order chi connectivity index (χ0) is 20.5. The molecule has 2 aliphatic rings. The van der Waals surface area contributed by atoms with Crippen LogP contribution in [0.3, 0.4) is 0 Å². The Bertz CT molecular complexity index is 936. The lowest BCUT2D eigenvalue weighted by Crippen LogP contribution is -2.37. The Morgan fingerprint density at radius 2 is 1.90 bits per heavy atom. The topological polar surface area (TPSA) is 58.6 Å². The fraction of sp³-hybridized carbons (Fsp3) is 0.417. The number of ether oxygens (including phenoxy) is 1. The zero-order valence-electron chi connectivity index (χ0n) is 17.3. The van der Waals surface area contributed by atoms with Gasteiger partial charge in [-0.3, -0.25) is 9.59 Å². The van der Waals surface area contributed by atoms with Gasteiger partial charge in [0.15, 0.2) is 0 Å². The van der Waals surface area contributed by atoms with Crippen LogP contribution in [-0.2, 0) is 16.1 Å². The van der Waals surface area contributed by atoms with E-state index in [9.17, 15) is 9.59 Å². The van der Waals surface area contributed by atoms with Crippen molar-refractivity contribution in [3.05, 3.63) is 64.2 Å². The quantitative estimate of drug-likeness (QED) is 0.865. The first-order valence-electron chi connectivity index (χ1n) is 10.3. The van der Waals surface area contributed by atoms with Crippen LogP contribution in [0.15, 0.2) is 36.4 Å². The van der Waals surface area contributed by atoms with Gasteiger partial charge in [-0.05, 0) is 31.9 Å². The lowest BCUT2D eigenvalue weighted by Gasteiger charge is -2.29. The minimum Gasteiger partial charge on any atom is -0.493 e. The van der Waals surface area contributed by atoms with E-state index in [1.54, 1.807) is 4.90 Å². The molecule has 1 N–H and O–H groups in total. The van der Waals surface area contributed by atoms with Gasteiger partial charge in [-0.25, -0.2) is 0 Å². The third-order valence-corrected chi connectivity index (χ3v) is 5.87. The van der Waals surface area contributed by atoms with E-state index in [1.807, 2.05) is 38.1 Å². The highest BCUT2D eigenvalue weighted by Crippen LogP contribution is 2.36. The molecule has 0 spiro atoms. The van der Waals surface area contributed by atoms with Crippen LogP contribution in [0.1, 0.15) is 46.7 Å². The summed E-state index contributed by atoms with van der Waals surface area (Å²) in [6, 6.07) is 12.3. The van der Waals surface area contributed by atoms with E-state index in [4.69, 9.17) is 4.74 Å². The predicted octanol–water partition coefficient (Wildman–Crippen LogP) is 3.60. The van der Waals surface area contributed by atoms with Gasteiger partial charge in [0.05, 0.1) is 18.6 Å². The Morgan fingerprint density at radius 1 is 1.14 bits per heavy atom. The molecule has 4 rings (SSSR count). The second kappa shape index (κ2) is 7.90. The number of nitrogens with one attached hydrogen (secondary N) is 1. The fourth-order valence-electron chi connectivity index (χ4n) is 4.33. The summed E-state index contributed by atoms with van der Waals surface area (Å²) in [5.74, 6) is 0.590. The van der Waals surface area contributed by atoms with Crippen LogP contribution < -0.4 is 10.1 Å². The third kappa shape index (κ3) is 4.14. The molecular formula is C24H28N2O3. The molecular weight excluding hydrogens is 364 g/mol. The maximum atomic E-state index is 13.0. The Morgan fingerprint density at radius 3 is 2.66 bits per heavy atom. The van der Waals surface area contributed by atoms with Crippen molar-refractivity contribution in [1.29, 1.82) is 0 Å². The van der Waals surface area contributed by atoms with Gasteiger partial charge in [0, 0.05) is 31.5 Å². The first kappa shape index (κ1) is 19.5. The van der Waals surface area contributed by atoms with Crippen molar-refractivity contribution in [1.82, 2.24) is 10.2 Å². The van der Waals surface area contributed by atoms with Crippen LogP contribution in [0.2, 0.25) is 0 Å². The molecule has 5 nitrogen and oxygen atoms in total. The largest absolute Gasteiger partial charge is 0.493 e. The summed E-state index contributed by atoms with van der Waals surface area (Å²) in [5, 5.41) is 3.19. The van der Waals surface area contributed by atoms with E-state index in [0.29, 0.717) is 19.7 Å². The first-order chi connectivity index (χ1) is 13.9. The molecule has 2 heterocycles. The summed E-state index contributed by atoms with van der Waals surface area (Å²) in [5.41, 5.74) is 5.59. The lowest BCUT2D eigenvalue weighted by atomic mass is 9.95. The van der Waals surface area contributed by atoms with E-state index >= 15 is 0 Å². The molecule has 152 valence electrons. The van der Waals surface area contributed by atoms with Gasteiger partial charge in [-0.2, -0.15) is 0 Å². The summed E-state index contributed by atoms with van der Waals surface area (Å²) in [6.45, 7) is 7.75. The average molecular weight is 392 g/mol. The van der Waals surface area contributed by atoms with Crippen molar-refractivity contribution in [3.8, 4) is 5.75 Å². The Balaban J connectivity index is 1.42. The number of carbonyl (C=O) groups excluding carboxylic acids is 2. The monoisotopic (exact) mass is 392 g/mol. The van der Waals surface area contributed by atoms with Gasteiger partial charge in [0.2, 0.25) is 11.8 Å². The van der Waals surface area contributed by atoms with Gasteiger partial charge in [-0.1, -0.05) is 47.5 Å². The van der Waals surface area contributed by atoms with Crippen molar-refractivity contribution in [2.45, 2.75) is 46.2 Å². The van der Waals surface area contributed by atoms with Crippen molar-refractivity contribution in [3.63, 3.8) is 0 Å². The number of benzene rings is 2. The molecule has 2 aromatic carbocycles.